The molecule has 1 amide bonds. The predicted molar refractivity (Wildman–Crippen MR) is 84.3 cm³/mol. The number of carbonyl (C=O) groups is 1. The molecule has 1 aromatic carbocycles. The largest absolute Gasteiger partial charge is 0.481 e. The van der Waals surface area contributed by atoms with E-state index in [2.05, 4.69) is 12.2 Å². The summed E-state index contributed by atoms with van der Waals surface area (Å²) < 4.78 is 5.76. The first-order chi connectivity index (χ1) is 10.0. The van der Waals surface area contributed by atoms with Crippen molar-refractivity contribution >= 4 is 5.91 Å². The third-order valence-electron chi connectivity index (χ3n) is 4.03. The Labute approximate surface area is 127 Å². The summed E-state index contributed by atoms with van der Waals surface area (Å²) >= 11 is 0. The van der Waals surface area contributed by atoms with Gasteiger partial charge in [0.2, 0.25) is 0 Å². The Kier molecular flexibility index (Phi) is 5.23. The summed E-state index contributed by atoms with van der Waals surface area (Å²) in [5, 5.41) is 2.98. The van der Waals surface area contributed by atoms with Gasteiger partial charge in [0, 0.05) is 12.1 Å². The van der Waals surface area contributed by atoms with E-state index in [0.717, 1.165) is 31.4 Å². The third-order valence-corrected chi connectivity index (χ3v) is 4.03. The zero-order valence-corrected chi connectivity index (χ0v) is 13.2. The van der Waals surface area contributed by atoms with Crippen LogP contribution in [-0.4, -0.2) is 18.1 Å². The summed E-state index contributed by atoms with van der Waals surface area (Å²) in [6.07, 6.45) is 3.53. The van der Waals surface area contributed by atoms with Crippen LogP contribution in [-0.2, 0) is 11.2 Å². The van der Waals surface area contributed by atoms with Gasteiger partial charge in [0.25, 0.3) is 5.91 Å². The summed E-state index contributed by atoms with van der Waals surface area (Å²) in [4.78, 5) is 12.1. The first-order valence-corrected chi connectivity index (χ1v) is 7.86. The first kappa shape index (κ1) is 15.8. The minimum absolute atomic E-state index is 0.0619. The lowest BCUT2D eigenvalue weighted by Crippen LogP contribution is -2.41. The lowest BCUT2D eigenvalue weighted by atomic mass is 10.1. The van der Waals surface area contributed by atoms with Gasteiger partial charge in [0.05, 0.1) is 0 Å². The maximum atomic E-state index is 12.1. The smallest absolute Gasteiger partial charge is 0.260 e. The zero-order chi connectivity index (χ0) is 15.4. The minimum atomic E-state index is -0.488. The van der Waals surface area contributed by atoms with E-state index >= 15 is 0 Å². The number of nitrogens with one attached hydrogen (secondary N) is 1. The number of benzene rings is 1. The molecule has 0 bridgehead atoms. The number of ether oxygens (including phenoxy) is 1. The maximum absolute atomic E-state index is 12.1. The summed E-state index contributed by atoms with van der Waals surface area (Å²) in [6.45, 7) is 5.91. The molecule has 4 heteroatoms. The van der Waals surface area contributed by atoms with Crippen LogP contribution in [0.3, 0.4) is 0 Å². The highest BCUT2D eigenvalue weighted by molar-refractivity contribution is 5.80. The molecule has 4 nitrogen and oxygen atoms in total. The molecule has 1 aliphatic carbocycles. The number of aryl methyl sites for hydroxylation is 1. The fourth-order valence-corrected chi connectivity index (χ4v) is 2.82. The standard InChI is InChI=1S/C17H26N2O2/c1-4-5-11(2)19-17(20)12(3)21-14-7-8-15-13(10-14)6-9-16(15)18/h7-8,10-12,16H,4-6,9,18H2,1-3H3,(H,19,20)/t11?,12?,16-/m0/s1. The average molecular weight is 290 g/mol. The molecule has 0 saturated carbocycles. The van der Waals surface area contributed by atoms with Gasteiger partial charge in [-0.15, -0.1) is 0 Å². The summed E-state index contributed by atoms with van der Waals surface area (Å²) in [5.41, 5.74) is 8.47. The molecule has 0 aromatic heterocycles. The number of fused-ring (bicyclic) bond motifs is 1. The topological polar surface area (TPSA) is 64.3 Å². The van der Waals surface area contributed by atoms with Gasteiger partial charge in [0.15, 0.2) is 6.10 Å². The van der Waals surface area contributed by atoms with E-state index in [1.165, 1.54) is 11.1 Å². The highest BCUT2D eigenvalue weighted by Crippen LogP contribution is 2.32. The molecule has 21 heavy (non-hydrogen) atoms. The molecule has 0 radical (unpaired) electrons. The van der Waals surface area contributed by atoms with Crippen molar-refractivity contribution in [1.29, 1.82) is 0 Å². The number of hydrogen-bond donors (Lipinski definition) is 2. The van der Waals surface area contributed by atoms with Crippen LogP contribution in [0.15, 0.2) is 18.2 Å². The third kappa shape index (κ3) is 3.97. The molecule has 1 aliphatic rings. The van der Waals surface area contributed by atoms with E-state index in [0.29, 0.717) is 0 Å². The van der Waals surface area contributed by atoms with Crippen molar-refractivity contribution < 1.29 is 9.53 Å². The van der Waals surface area contributed by atoms with E-state index < -0.39 is 6.10 Å². The highest BCUT2D eigenvalue weighted by Gasteiger charge is 2.21. The molecule has 2 rings (SSSR count). The van der Waals surface area contributed by atoms with Crippen LogP contribution >= 0.6 is 0 Å². The number of rotatable bonds is 6. The van der Waals surface area contributed by atoms with Crippen LogP contribution in [0.25, 0.3) is 0 Å². The number of nitrogens with two attached hydrogens (primary N) is 1. The van der Waals surface area contributed by atoms with E-state index in [4.69, 9.17) is 10.5 Å². The van der Waals surface area contributed by atoms with Crippen molar-refractivity contribution in [1.82, 2.24) is 5.32 Å². The Balaban J connectivity index is 1.93. The highest BCUT2D eigenvalue weighted by atomic mass is 16.5. The molecule has 116 valence electrons. The van der Waals surface area contributed by atoms with Crippen LogP contribution in [0, 0.1) is 0 Å². The van der Waals surface area contributed by atoms with Gasteiger partial charge in [-0.2, -0.15) is 0 Å². The Bertz CT molecular complexity index is 502. The van der Waals surface area contributed by atoms with Gasteiger partial charge in [-0.3, -0.25) is 4.79 Å². The predicted octanol–water partition coefficient (Wildman–Crippen LogP) is 2.70. The molecule has 0 heterocycles. The second-order valence-corrected chi connectivity index (χ2v) is 5.96. The average Bonchev–Trinajstić information content (AvgIpc) is 2.80. The quantitative estimate of drug-likeness (QED) is 0.846. The summed E-state index contributed by atoms with van der Waals surface area (Å²) in [6, 6.07) is 6.27. The molecule has 3 atom stereocenters. The van der Waals surface area contributed by atoms with Gasteiger partial charge in [-0.05, 0) is 56.4 Å². The minimum Gasteiger partial charge on any atom is -0.481 e. The Morgan fingerprint density at radius 3 is 2.95 bits per heavy atom. The van der Waals surface area contributed by atoms with Crippen molar-refractivity contribution in [3.05, 3.63) is 29.3 Å². The molecule has 0 aliphatic heterocycles. The molecule has 0 fully saturated rings. The molecule has 1 aromatic rings. The van der Waals surface area contributed by atoms with Crippen molar-refractivity contribution in [3.8, 4) is 5.75 Å². The van der Waals surface area contributed by atoms with Crippen molar-refractivity contribution in [2.45, 2.75) is 64.6 Å². The monoisotopic (exact) mass is 290 g/mol. The van der Waals surface area contributed by atoms with Crippen LogP contribution in [0.5, 0.6) is 5.75 Å². The molecular formula is C17H26N2O2. The van der Waals surface area contributed by atoms with Gasteiger partial charge in [-0.25, -0.2) is 0 Å². The van der Waals surface area contributed by atoms with E-state index in [1.807, 2.05) is 25.1 Å². The summed E-state index contributed by atoms with van der Waals surface area (Å²) in [5.74, 6) is 0.682. The van der Waals surface area contributed by atoms with Crippen molar-refractivity contribution in [2.24, 2.45) is 5.73 Å². The Morgan fingerprint density at radius 1 is 1.48 bits per heavy atom. The molecule has 0 saturated heterocycles. The number of carbonyl (C=O) groups excluding carboxylic acids is 1. The van der Waals surface area contributed by atoms with Crippen LogP contribution < -0.4 is 15.8 Å². The van der Waals surface area contributed by atoms with Gasteiger partial charge in [-0.1, -0.05) is 19.4 Å². The zero-order valence-electron chi connectivity index (χ0n) is 13.2. The lowest BCUT2D eigenvalue weighted by molar-refractivity contribution is -0.127. The maximum Gasteiger partial charge on any atom is 0.260 e. The van der Waals surface area contributed by atoms with Gasteiger partial charge < -0.3 is 15.8 Å². The number of hydrogen-bond acceptors (Lipinski definition) is 3. The van der Waals surface area contributed by atoms with E-state index in [-0.39, 0.29) is 18.0 Å². The fourth-order valence-electron chi connectivity index (χ4n) is 2.82. The molecule has 0 spiro atoms. The van der Waals surface area contributed by atoms with Crippen molar-refractivity contribution in [2.75, 3.05) is 0 Å². The SMILES string of the molecule is CCCC(C)NC(=O)C(C)Oc1ccc2c(c1)CC[C@@H]2N. The van der Waals surface area contributed by atoms with Gasteiger partial charge in [0.1, 0.15) is 5.75 Å². The van der Waals surface area contributed by atoms with Gasteiger partial charge >= 0.3 is 0 Å². The first-order valence-electron chi connectivity index (χ1n) is 7.86. The Hall–Kier alpha value is -1.55. The second-order valence-electron chi connectivity index (χ2n) is 5.96. The summed E-state index contributed by atoms with van der Waals surface area (Å²) in [7, 11) is 0. The molecule has 3 N–H and O–H groups in total. The molecular weight excluding hydrogens is 264 g/mol. The number of amides is 1. The lowest BCUT2D eigenvalue weighted by Gasteiger charge is -2.19. The van der Waals surface area contributed by atoms with Crippen LogP contribution in [0.4, 0.5) is 0 Å². The van der Waals surface area contributed by atoms with E-state index in [9.17, 15) is 4.79 Å². The van der Waals surface area contributed by atoms with Crippen LogP contribution in [0.2, 0.25) is 0 Å². The second kappa shape index (κ2) is 6.94. The Morgan fingerprint density at radius 2 is 2.24 bits per heavy atom. The van der Waals surface area contributed by atoms with Crippen LogP contribution in [0.1, 0.15) is 57.2 Å². The fraction of sp³-hybridized carbons (Fsp3) is 0.588. The van der Waals surface area contributed by atoms with Crippen molar-refractivity contribution in [3.63, 3.8) is 0 Å². The molecule has 2 unspecified atom stereocenters. The van der Waals surface area contributed by atoms with E-state index in [1.54, 1.807) is 6.92 Å². The normalized spacial score (nSPS) is 19.7.